The van der Waals surface area contributed by atoms with Gasteiger partial charge in [0, 0.05) is 55.2 Å². The molecule has 0 N–H and O–H groups in total. The first-order valence-electron chi connectivity index (χ1n) is 21.5. The van der Waals surface area contributed by atoms with Crippen molar-refractivity contribution in [2.45, 2.75) is 19.3 Å². The van der Waals surface area contributed by atoms with Crippen LogP contribution in [0.15, 0.2) is 211 Å². The van der Waals surface area contributed by atoms with Crippen molar-refractivity contribution < 1.29 is 4.42 Å². The molecule has 0 unspecified atom stereocenters. The van der Waals surface area contributed by atoms with Gasteiger partial charge in [-0.2, -0.15) is 0 Å². The summed E-state index contributed by atoms with van der Waals surface area (Å²) >= 11 is 0. The lowest BCUT2D eigenvalue weighted by molar-refractivity contribution is 0.660. The van der Waals surface area contributed by atoms with Crippen LogP contribution in [0, 0.1) is 0 Å². The van der Waals surface area contributed by atoms with E-state index in [1.165, 1.54) is 71.3 Å². The molecule has 3 heteroatoms. The molecule has 0 aliphatic heterocycles. The molecule has 0 spiro atoms. The zero-order valence-electron chi connectivity index (χ0n) is 34.4. The molecular weight excluding hydrogens is 753 g/mol. The van der Waals surface area contributed by atoms with Gasteiger partial charge in [-0.25, -0.2) is 0 Å². The van der Waals surface area contributed by atoms with Crippen molar-refractivity contribution in [2.24, 2.45) is 0 Å². The lowest BCUT2D eigenvalue weighted by Gasteiger charge is -2.29. The standard InChI is InChI=1S/C59H40N2O/c1-59(2)49-24-9-6-18-42(49)43-32-30-39(35-50(43)59)60(40-31-33-47-46-19-8-11-28-55(46)62-56(47)36-40)51-26-13-23-45-44(51)22-14-27-52(45)61-53-25-10-7-20-48(53)58-54(61)34-29-38-17-12-21-41(57(38)58)37-15-4-3-5-16-37/h3-36H,1-2H3. The molecule has 13 rings (SSSR count). The first-order valence-corrected chi connectivity index (χ1v) is 21.5. The normalized spacial score (nSPS) is 13.1. The largest absolute Gasteiger partial charge is 0.456 e. The molecule has 0 saturated carbocycles. The van der Waals surface area contributed by atoms with Gasteiger partial charge in [0.05, 0.1) is 22.4 Å². The van der Waals surface area contributed by atoms with Crippen molar-refractivity contribution in [2.75, 3.05) is 4.90 Å². The molecule has 2 heterocycles. The van der Waals surface area contributed by atoms with Gasteiger partial charge in [-0.3, -0.25) is 0 Å². The predicted molar refractivity (Wildman–Crippen MR) is 261 cm³/mol. The number of hydrogen-bond acceptors (Lipinski definition) is 2. The Labute approximate surface area is 359 Å². The summed E-state index contributed by atoms with van der Waals surface area (Å²) in [6.07, 6.45) is 0. The second kappa shape index (κ2) is 13.1. The van der Waals surface area contributed by atoms with Crippen LogP contribution in [0.5, 0.6) is 0 Å². The maximum absolute atomic E-state index is 6.54. The van der Waals surface area contributed by atoms with E-state index in [0.717, 1.165) is 50.1 Å². The third-order valence-electron chi connectivity index (χ3n) is 13.6. The fraction of sp³-hybridized carbons (Fsp3) is 0.0508. The Bertz CT molecular complexity index is 3790. The average molecular weight is 793 g/mol. The Balaban J connectivity index is 1.07. The molecule has 0 radical (unpaired) electrons. The topological polar surface area (TPSA) is 21.3 Å². The molecule has 62 heavy (non-hydrogen) atoms. The highest BCUT2D eigenvalue weighted by atomic mass is 16.3. The minimum Gasteiger partial charge on any atom is -0.456 e. The SMILES string of the molecule is CC1(C)c2ccccc2-c2ccc(N(c3ccc4c(c3)oc3ccccc34)c3cccc4c(-n5c6ccccc6c6c7c(-c8ccccc8)cccc7ccc65)cccc34)cc21. The number of anilines is 3. The van der Waals surface area contributed by atoms with E-state index in [1.54, 1.807) is 0 Å². The molecule has 292 valence electrons. The van der Waals surface area contributed by atoms with Gasteiger partial charge in [0.2, 0.25) is 0 Å². The van der Waals surface area contributed by atoms with Gasteiger partial charge in [-0.15, -0.1) is 0 Å². The van der Waals surface area contributed by atoms with Crippen LogP contribution in [0.2, 0.25) is 0 Å². The molecule has 1 aliphatic carbocycles. The summed E-state index contributed by atoms with van der Waals surface area (Å²) in [4.78, 5) is 2.43. The quantitative estimate of drug-likeness (QED) is 0.173. The summed E-state index contributed by atoms with van der Waals surface area (Å²) < 4.78 is 9.02. The molecule has 1 aliphatic rings. The average Bonchev–Trinajstić information content (AvgIpc) is 3.94. The summed E-state index contributed by atoms with van der Waals surface area (Å²) in [6, 6.07) is 75.5. The zero-order chi connectivity index (χ0) is 41.1. The first-order chi connectivity index (χ1) is 30.5. The van der Waals surface area contributed by atoms with Gasteiger partial charge in [0.25, 0.3) is 0 Å². The van der Waals surface area contributed by atoms with Gasteiger partial charge < -0.3 is 13.9 Å². The number of fused-ring (bicyclic) bond motifs is 12. The molecule has 0 bridgehead atoms. The molecular formula is C59H40N2O. The van der Waals surface area contributed by atoms with E-state index in [1.807, 2.05) is 6.07 Å². The van der Waals surface area contributed by atoms with E-state index < -0.39 is 0 Å². The van der Waals surface area contributed by atoms with Crippen molar-refractivity contribution in [1.29, 1.82) is 0 Å². The molecule has 12 aromatic rings. The van der Waals surface area contributed by atoms with Gasteiger partial charge >= 0.3 is 0 Å². The second-order valence-electron chi connectivity index (χ2n) is 17.2. The van der Waals surface area contributed by atoms with Crippen molar-refractivity contribution in [3.05, 3.63) is 217 Å². The fourth-order valence-corrected chi connectivity index (χ4v) is 10.7. The van der Waals surface area contributed by atoms with Crippen LogP contribution in [0.1, 0.15) is 25.0 Å². The minimum atomic E-state index is -0.149. The summed E-state index contributed by atoms with van der Waals surface area (Å²) in [5.41, 5.74) is 16.2. The number of furan rings is 1. The van der Waals surface area contributed by atoms with Gasteiger partial charge in [0.1, 0.15) is 11.2 Å². The highest BCUT2D eigenvalue weighted by molar-refractivity contribution is 6.25. The van der Waals surface area contributed by atoms with Crippen LogP contribution in [0.25, 0.3) is 93.2 Å². The third kappa shape index (κ3) is 4.94. The monoisotopic (exact) mass is 792 g/mol. The van der Waals surface area contributed by atoms with Crippen LogP contribution in [-0.4, -0.2) is 4.57 Å². The molecule has 10 aromatic carbocycles. The number of rotatable bonds is 5. The lowest BCUT2D eigenvalue weighted by atomic mass is 9.82. The van der Waals surface area contributed by atoms with Crippen molar-refractivity contribution in [1.82, 2.24) is 4.57 Å². The van der Waals surface area contributed by atoms with E-state index in [0.29, 0.717) is 0 Å². The van der Waals surface area contributed by atoms with Crippen LogP contribution in [-0.2, 0) is 5.41 Å². The van der Waals surface area contributed by atoms with Crippen molar-refractivity contribution >= 4 is 82.4 Å². The number of hydrogen-bond donors (Lipinski definition) is 0. The van der Waals surface area contributed by atoms with Crippen LogP contribution in [0.3, 0.4) is 0 Å². The van der Waals surface area contributed by atoms with E-state index in [4.69, 9.17) is 4.42 Å². The fourth-order valence-electron chi connectivity index (χ4n) is 10.7. The van der Waals surface area contributed by atoms with E-state index in [-0.39, 0.29) is 5.41 Å². The predicted octanol–water partition coefficient (Wildman–Crippen LogP) is 16.4. The summed E-state index contributed by atoms with van der Waals surface area (Å²) in [6.45, 7) is 4.71. The highest BCUT2D eigenvalue weighted by Gasteiger charge is 2.36. The molecule has 0 saturated heterocycles. The molecule has 0 amide bonds. The van der Waals surface area contributed by atoms with Gasteiger partial charge in [0.15, 0.2) is 0 Å². The van der Waals surface area contributed by atoms with Gasteiger partial charge in [-0.05, 0) is 98.8 Å². The number of nitrogens with zero attached hydrogens (tertiary/aromatic N) is 2. The maximum atomic E-state index is 6.54. The summed E-state index contributed by atoms with van der Waals surface area (Å²) in [5, 5.41) is 9.61. The maximum Gasteiger partial charge on any atom is 0.137 e. The van der Waals surface area contributed by atoms with E-state index in [2.05, 4.69) is 224 Å². The molecule has 0 atom stereocenters. The van der Waals surface area contributed by atoms with Crippen LogP contribution < -0.4 is 4.90 Å². The first kappa shape index (κ1) is 34.9. The van der Waals surface area contributed by atoms with Crippen molar-refractivity contribution in [3.63, 3.8) is 0 Å². The van der Waals surface area contributed by atoms with Crippen LogP contribution in [0.4, 0.5) is 17.1 Å². The molecule has 3 nitrogen and oxygen atoms in total. The van der Waals surface area contributed by atoms with Crippen LogP contribution >= 0.6 is 0 Å². The smallest absolute Gasteiger partial charge is 0.137 e. The summed E-state index contributed by atoms with van der Waals surface area (Å²) in [5.74, 6) is 0. The molecule has 2 aromatic heterocycles. The lowest BCUT2D eigenvalue weighted by Crippen LogP contribution is -2.16. The summed E-state index contributed by atoms with van der Waals surface area (Å²) in [7, 11) is 0. The van der Waals surface area contributed by atoms with E-state index >= 15 is 0 Å². The minimum absolute atomic E-state index is 0.149. The Morgan fingerprint density at radius 3 is 2.02 bits per heavy atom. The highest BCUT2D eigenvalue weighted by Crippen LogP contribution is 2.52. The zero-order valence-corrected chi connectivity index (χ0v) is 34.4. The van der Waals surface area contributed by atoms with E-state index in [9.17, 15) is 0 Å². The number of aromatic nitrogens is 1. The second-order valence-corrected chi connectivity index (χ2v) is 17.2. The Morgan fingerprint density at radius 1 is 0.419 bits per heavy atom. The Hall–Kier alpha value is -7.88. The number of para-hydroxylation sites is 2. The van der Waals surface area contributed by atoms with Gasteiger partial charge in [-0.1, -0.05) is 159 Å². The Morgan fingerprint density at radius 2 is 1.10 bits per heavy atom. The Kier molecular flexibility index (Phi) is 7.36. The third-order valence-corrected chi connectivity index (χ3v) is 13.6. The molecule has 0 fully saturated rings. The number of benzene rings is 10. The van der Waals surface area contributed by atoms with Crippen molar-refractivity contribution in [3.8, 4) is 27.9 Å².